The van der Waals surface area contributed by atoms with Crippen LogP contribution in [-0.2, 0) is 9.59 Å². The van der Waals surface area contributed by atoms with E-state index < -0.39 is 23.3 Å². The zero-order valence-corrected chi connectivity index (χ0v) is 17.8. The molecular weight excluding hydrogens is 441 g/mol. The Kier molecular flexibility index (Phi) is 5.67. The monoisotopic (exact) mass is 457 g/mol. The third-order valence-electron chi connectivity index (χ3n) is 4.74. The maximum atomic E-state index is 12.9. The van der Waals surface area contributed by atoms with Crippen molar-refractivity contribution in [3.8, 4) is 0 Å². The largest absolute Gasteiger partial charge is 0.326 e. The number of H-pyrrole nitrogens is 1. The van der Waals surface area contributed by atoms with Gasteiger partial charge in [0.15, 0.2) is 0 Å². The van der Waals surface area contributed by atoms with Crippen molar-refractivity contribution in [2.75, 3.05) is 16.0 Å². The summed E-state index contributed by atoms with van der Waals surface area (Å²) in [6.07, 6.45) is -0.186. The maximum absolute atomic E-state index is 12.9. The maximum Gasteiger partial charge on any atom is 0.258 e. The van der Waals surface area contributed by atoms with Crippen molar-refractivity contribution in [1.29, 1.82) is 0 Å². The summed E-state index contributed by atoms with van der Waals surface area (Å²) >= 11 is 12.2. The smallest absolute Gasteiger partial charge is 0.258 e. The van der Waals surface area contributed by atoms with Crippen molar-refractivity contribution in [2.24, 2.45) is 0 Å². The van der Waals surface area contributed by atoms with Gasteiger partial charge in [0, 0.05) is 17.1 Å². The number of fused-ring (bicyclic) bond motifs is 1. The Hall–Kier alpha value is -3.36. The van der Waals surface area contributed by atoms with Crippen LogP contribution in [-0.4, -0.2) is 21.8 Å². The van der Waals surface area contributed by atoms with Crippen LogP contribution in [0.25, 0.3) is 0 Å². The highest BCUT2D eigenvalue weighted by molar-refractivity contribution is 6.33. The van der Waals surface area contributed by atoms with E-state index >= 15 is 0 Å². The molecule has 3 aromatic rings. The zero-order valence-electron chi connectivity index (χ0n) is 16.3. The van der Waals surface area contributed by atoms with Gasteiger partial charge in [0.05, 0.1) is 22.2 Å². The van der Waals surface area contributed by atoms with Crippen LogP contribution in [0.4, 0.5) is 23.1 Å². The molecular formula is C21H17Cl2N5O3. The number of aromatic amines is 1. The average Bonchev–Trinajstić information content (AvgIpc) is 2.69. The van der Waals surface area contributed by atoms with Gasteiger partial charge in [-0.1, -0.05) is 35.3 Å². The van der Waals surface area contributed by atoms with Crippen LogP contribution in [0.3, 0.4) is 0 Å². The van der Waals surface area contributed by atoms with E-state index in [0.29, 0.717) is 21.4 Å². The highest BCUT2D eigenvalue weighted by atomic mass is 35.5. The molecule has 0 fully saturated rings. The van der Waals surface area contributed by atoms with Crippen LogP contribution >= 0.6 is 23.2 Å². The van der Waals surface area contributed by atoms with Crippen LogP contribution in [0.15, 0.2) is 47.3 Å². The molecule has 1 aromatic heterocycles. The van der Waals surface area contributed by atoms with Gasteiger partial charge in [-0.25, -0.2) is 0 Å². The second-order valence-electron chi connectivity index (χ2n) is 7.09. The van der Waals surface area contributed by atoms with Gasteiger partial charge < -0.3 is 16.0 Å². The first-order valence-corrected chi connectivity index (χ1v) is 10.1. The van der Waals surface area contributed by atoms with Crippen LogP contribution in [0.1, 0.15) is 23.5 Å². The molecule has 158 valence electrons. The Morgan fingerprint density at radius 1 is 1.16 bits per heavy atom. The van der Waals surface area contributed by atoms with Gasteiger partial charge in [-0.15, -0.1) is 0 Å². The van der Waals surface area contributed by atoms with Gasteiger partial charge in [-0.2, -0.15) is 4.98 Å². The molecule has 0 spiro atoms. The summed E-state index contributed by atoms with van der Waals surface area (Å²) in [6, 6.07) is 12.0. The molecule has 1 aliphatic rings. The number of hydrogen-bond acceptors (Lipinski definition) is 5. The minimum absolute atomic E-state index is 0.0275. The fourth-order valence-electron chi connectivity index (χ4n) is 3.30. The lowest BCUT2D eigenvalue weighted by atomic mass is 9.92. The number of amides is 2. The lowest BCUT2D eigenvalue weighted by Crippen LogP contribution is -2.36. The summed E-state index contributed by atoms with van der Waals surface area (Å²) < 4.78 is 0. The van der Waals surface area contributed by atoms with Gasteiger partial charge in [0.2, 0.25) is 17.8 Å². The van der Waals surface area contributed by atoms with Crippen LogP contribution in [0.2, 0.25) is 10.0 Å². The van der Waals surface area contributed by atoms with Gasteiger partial charge in [-0.05, 0) is 42.8 Å². The molecule has 0 saturated carbocycles. The number of nitrogens with zero attached hydrogens (tertiary/aromatic N) is 1. The third-order valence-corrected chi connectivity index (χ3v) is 5.29. The zero-order chi connectivity index (χ0) is 22.1. The van der Waals surface area contributed by atoms with E-state index in [0.717, 1.165) is 5.56 Å². The SMILES string of the molecule is Cc1ccc(NC(=O)C2CC(=O)Nc3nc(Nc4cccc(Cl)c4)[nH]c(=O)c32)c(Cl)c1. The molecule has 2 amide bonds. The van der Waals surface area contributed by atoms with E-state index in [2.05, 4.69) is 25.9 Å². The molecule has 2 aromatic carbocycles. The van der Waals surface area contributed by atoms with Crippen molar-refractivity contribution in [2.45, 2.75) is 19.3 Å². The number of rotatable bonds is 4. The molecule has 31 heavy (non-hydrogen) atoms. The van der Waals surface area contributed by atoms with Crippen molar-refractivity contribution in [3.63, 3.8) is 0 Å². The summed E-state index contributed by atoms with van der Waals surface area (Å²) in [5.74, 6) is -1.83. The number of aryl methyl sites for hydroxylation is 1. The summed E-state index contributed by atoms with van der Waals surface area (Å²) in [5, 5.41) is 9.05. The fraction of sp³-hybridized carbons (Fsp3) is 0.143. The average molecular weight is 458 g/mol. The third kappa shape index (κ3) is 4.55. The van der Waals surface area contributed by atoms with Crippen LogP contribution in [0, 0.1) is 6.92 Å². The van der Waals surface area contributed by atoms with E-state index in [9.17, 15) is 14.4 Å². The van der Waals surface area contributed by atoms with Gasteiger partial charge in [-0.3, -0.25) is 19.4 Å². The predicted octanol–water partition coefficient (Wildman–Crippen LogP) is 4.19. The number of nitrogens with one attached hydrogen (secondary N) is 4. The minimum Gasteiger partial charge on any atom is -0.326 e. The standard InChI is InChI=1S/C21H17Cl2N5O3/c1-10-5-6-15(14(23)7-10)25-19(30)13-9-16(29)26-18-17(13)20(31)28-21(27-18)24-12-4-2-3-11(22)8-12/h2-8,13H,9H2,1H3,(H,25,30)(H3,24,26,27,28,29,31). The Morgan fingerprint density at radius 2 is 1.97 bits per heavy atom. The van der Waals surface area contributed by atoms with E-state index in [1.165, 1.54) is 0 Å². The molecule has 0 bridgehead atoms. The first kappa shape index (κ1) is 20.9. The van der Waals surface area contributed by atoms with Crippen molar-refractivity contribution >= 4 is 58.2 Å². The highest BCUT2D eigenvalue weighted by Crippen LogP contribution is 2.31. The molecule has 0 aliphatic carbocycles. The topological polar surface area (TPSA) is 116 Å². The number of carbonyl (C=O) groups is 2. The van der Waals surface area contributed by atoms with Gasteiger partial charge in [0.25, 0.3) is 5.56 Å². The molecule has 4 N–H and O–H groups in total. The Labute approximate surface area is 187 Å². The molecule has 1 atom stereocenters. The van der Waals surface area contributed by atoms with E-state index in [1.807, 2.05) is 6.92 Å². The van der Waals surface area contributed by atoms with Crippen LogP contribution < -0.4 is 21.5 Å². The fourth-order valence-corrected chi connectivity index (χ4v) is 3.77. The number of carbonyl (C=O) groups excluding carboxylic acids is 2. The second kappa shape index (κ2) is 8.41. The molecule has 0 saturated heterocycles. The lowest BCUT2D eigenvalue weighted by molar-refractivity contribution is -0.123. The summed E-state index contributed by atoms with van der Waals surface area (Å²) in [4.78, 5) is 44.8. The van der Waals surface area contributed by atoms with Gasteiger partial charge >= 0.3 is 0 Å². The number of anilines is 4. The Morgan fingerprint density at radius 3 is 2.71 bits per heavy atom. The summed E-state index contributed by atoms with van der Waals surface area (Å²) in [6.45, 7) is 1.87. The van der Waals surface area contributed by atoms with Crippen LogP contribution in [0.5, 0.6) is 0 Å². The molecule has 1 aliphatic heterocycles. The Balaban J connectivity index is 1.65. The number of hydrogen-bond donors (Lipinski definition) is 4. The van der Waals surface area contributed by atoms with Gasteiger partial charge in [0.1, 0.15) is 5.82 Å². The molecule has 1 unspecified atom stereocenters. The molecule has 0 radical (unpaired) electrons. The molecule has 8 nitrogen and oxygen atoms in total. The Bertz CT molecular complexity index is 1260. The first-order chi connectivity index (χ1) is 14.8. The predicted molar refractivity (Wildman–Crippen MR) is 120 cm³/mol. The first-order valence-electron chi connectivity index (χ1n) is 9.34. The normalized spacial score (nSPS) is 15.1. The summed E-state index contributed by atoms with van der Waals surface area (Å²) in [7, 11) is 0. The minimum atomic E-state index is -1.02. The van der Waals surface area contributed by atoms with Crippen molar-refractivity contribution in [3.05, 3.63) is 74.0 Å². The van der Waals surface area contributed by atoms with E-state index in [1.54, 1.807) is 42.5 Å². The van der Waals surface area contributed by atoms with Crippen molar-refractivity contribution in [1.82, 2.24) is 9.97 Å². The highest BCUT2D eigenvalue weighted by Gasteiger charge is 2.35. The van der Waals surface area contributed by atoms with E-state index in [4.69, 9.17) is 23.2 Å². The molecule has 2 heterocycles. The number of benzene rings is 2. The molecule has 10 heteroatoms. The quantitative estimate of drug-likeness (QED) is 0.468. The van der Waals surface area contributed by atoms with E-state index in [-0.39, 0.29) is 23.8 Å². The molecule has 4 rings (SSSR count). The van der Waals surface area contributed by atoms with Crippen molar-refractivity contribution < 1.29 is 9.59 Å². The second-order valence-corrected chi connectivity index (χ2v) is 7.93. The lowest BCUT2D eigenvalue weighted by Gasteiger charge is -2.24. The number of aromatic nitrogens is 2. The summed E-state index contributed by atoms with van der Waals surface area (Å²) in [5.41, 5.74) is 1.47. The number of halogens is 2.